The van der Waals surface area contributed by atoms with Crippen LogP contribution in [0.15, 0.2) is 42.7 Å². The molecule has 10 heteroatoms. The summed E-state index contributed by atoms with van der Waals surface area (Å²) < 4.78 is 30.0. The Hall–Kier alpha value is -3.23. The zero-order valence-electron chi connectivity index (χ0n) is 17.5. The number of carboxylic acid groups (broad SMARTS) is 1. The molecule has 0 bridgehead atoms. The van der Waals surface area contributed by atoms with E-state index in [2.05, 4.69) is 9.97 Å². The molecule has 2 aromatic carbocycles. The predicted molar refractivity (Wildman–Crippen MR) is 127 cm³/mol. The maximum absolute atomic E-state index is 15.8. The SMILES string of the molecule is O=C(O)N1CC[C@@H]2[C@H]1CN2c1c(Cl)cnc2c(F)c(-c3cccc4ccc(F)c(Cl)c34)ncc12. The van der Waals surface area contributed by atoms with Crippen molar-refractivity contribution in [3.63, 3.8) is 0 Å². The number of aromatic nitrogens is 2. The quantitative estimate of drug-likeness (QED) is 0.366. The van der Waals surface area contributed by atoms with Crippen LogP contribution in [0, 0.1) is 11.6 Å². The lowest BCUT2D eigenvalue weighted by atomic mass is 9.95. The molecule has 0 saturated carbocycles. The minimum Gasteiger partial charge on any atom is -0.465 e. The average Bonchev–Trinajstić information content (AvgIpc) is 3.14. The van der Waals surface area contributed by atoms with Crippen LogP contribution in [0.3, 0.4) is 0 Å². The van der Waals surface area contributed by atoms with Gasteiger partial charge in [0.15, 0.2) is 5.82 Å². The topological polar surface area (TPSA) is 69.6 Å². The van der Waals surface area contributed by atoms with Crippen molar-refractivity contribution in [2.75, 3.05) is 18.0 Å². The second kappa shape index (κ2) is 7.65. The smallest absolute Gasteiger partial charge is 0.407 e. The Labute approximate surface area is 202 Å². The minimum atomic E-state index is -0.944. The molecule has 4 heterocycles. The van der Waals surface area contributed by atoms with Gasteiger partial charge < -0.3 is 14.9 Å². The number of benzene rings is 2. The Balaban J connectivity index is 1.49. The Morgan fingerprint density at radius 3 is 2.71 bits per heavy atom. The fourth-order valence-corrected chi connectivity index (χ4v) is 5.72. The third kappa shape index (κ3) is 2.95. The lowest BCUT2D eigenvalue weighted by Gasteiger charge is -2.48. The number of nitrogens with zero attached hydrogens (tertiary/aromatic N) is 4. The molecule has 0 unspecified atom stereocenters. The first-order chi connectivity index (χ1) is 16.4. The van der Waals surface area contributed by atoms with E-state index in [4.69, 9.17) is 23.2 Å². The molecule has 1 amide bonds. The lowest BCUT2D eigenvalue weighted by molar-refractivity contribution is 0.129. The van der Waals surface area contributed by atoms with E-state index >= 15 is 4.39 Å². The van der Waals surface area contributed by atoms with Crippen molar-refractivity contribution in [2.24, 2.45) is 0 Å². The molecule has 172 valence electrons. The van der Waals surface area contributed by atoms with E-state index in [1.54, 1.807) is 24.3 Å². The molecule has 2 saturated heterocycles. The maximum atomic E-state index is 15.8. The number of anilines is 1. The fourth-order valence-electron chi connectivity index (χ4n) is 5.19. The van der Waals surface area contributed by atoms with E-state index in [0.717, 1.165) is 0 Å². The van der Waals surface area contributed by atoms with Crippen LogP contribution < -0.4 is 4.90 Å². The van der Waals surface area contributed by atoms with Crippen molar-refractivity contribution in [2.45, 2.75) is 18.5 Å². The second-order valence-corrected chi connectivity index (χ2v) is 9.24. The average molecular weight is 501 g/mol. The largest absolute Gasteiger partial charge is 0.465 e. The van der Waals surface area contributed by atoms with Crippen LogP contribution in [-0.4, -0.2) is 51.2 Å². The zero-order valence-corrected chi connectivity index (χ0v) is 19.0. The summed E-state index contributed by atoms with van der Waals surface area (Å²) in [5.41, 5.74) is 1.02. The highest BCUT2D eigenvalue weighted by Crippen LogP contribution is 2.44. The molecule has 1 N–H and O–H groups in total. The fraction of sp³-hybridized carbons (Fsp3) is 0.208. The van der Waals surface area contributed by atoms with Crippen LogP contribution in [0.5, 0.6) is 0 Å². The number of halogens is 4. The molecule has 2 aliphatic heterocycles. The third-order valence-corrected chi connectivity index (χ3v) is 7.45. The monoisotopic (exact) mass is 500 g/mol. The van der Waals surface area contributed by atoms with Crippen LogP contribution in [0.25, 0.3) is 32.9 Å². The van der Waals surface area contributed by atoms with Gasteiger partial charge in [-0.05, 0) is 17.9 Å². The molecule has 2 aromatic heterocycles. The van der Waals surface area contributed by atoms with E-state index in [1.807, 2.05) is 4.90 Å². The Kier molecular flexibility index (Phi) is 4.79. The maximum Gasteiger partial charge on any atom is 0.407 e. The van der Waals surface area contributed by atoms with Crippen molar-refractivity contribution >= 4 is 56.7 Å². The summed E-state index contributed by atoms with van der Waals surface area (Å²) in [6.45, 7) is 0.897. The third-order valence-electron chi connectivity index (χ3n) is 6.80. The highest BCUT2D eigenvalue weighted by molar-refractivity contribution is 6.37. The van der Waals surface area contributed by atoms with Gasteiger partial charge in [-0.2, -0.15) is 0 Å². The predicted octanol–water partition coefficient (Wildman–Crippen LogP) is 5.98. The van der Waals surface area contributed by atoms with Crippen molar-refractivity contribution < 1.29 is 18.7 Å². The summed E-state index contributed by atoms with van der Waals surface area (Å²) >= 11 is 12.7. The first-order valence-corrected chi connectivity index (χ1v) is 11.4. The molecule has 0 spiro atoms. The highest BCUT2D eigenvalue weighted by Gasteiger charge is 2.49. The summed E-state index contributed by atoms with van der Waals surface area (Å²) in [5.74, 6) is -1.27. The summed E-state index contributed by atoms with van der Waals surface area (Å²) in [6, 6.07) is 7.82. The number of fused-ring (bicyclic) bond motifs is 3. The van der Waals surface area contributed by atoms with Crippen LogP contribution >= 0.6 is 23.2 Å². The highest BCUT2D eigenvalue weighted by atomic mass is 35.5. The molecule has 6 rings (SSSR count). The number of carbonyl (C=O) groups is 1. The normalized spacial score (nSPS) is 19.5. The molecule has 0 radical (unpaired) electrons. The van der Waals surface area contributed by atoms with E-state index in [-0.39, 0.29) is 28.3 Å². The van der Waals surface area contributed by atoms with Gasteiger partial charge in [0.05, 0.1) is 27.8 Å². The Bertz CT molecular complexity index is 1520. The molecule has 2 fully saturated rings. The summed E-state index contributed by atoms with van der Waals surface area (Å²) in [7, 11) is 0. The van der Waals surface area contributed by atoms with Gasteiger partial charge in [-0.25, -0.2) is 13.6 Å². The number of likely N-dealkylation sites (tertiary alicyclic amines) is 1. The molecule has 34 heavy (non-hydrogen) atoms. The standard InChI is InChI=1S/C24H16Cl2F2N4O2/c25-14-9-30-22-13(23(14)32-10-17-16(32)6-7-31(17)24(33)34)8-29-21(20(22)28)12-3-1-2-11-4-5-15(27)19(26)18(11)12/h1-5,8-9,16-17H,6-7,10H2,(H,33,34)/t16-,17-/m1/s1. The van der Waals surface area contributed by atoms with Gasteiger partial charge in [-0.15, -0.1) is 0 Å². The zero-order chi connectivity index (χ0) is 23.7. The van der Waals surface area contributed by atoms with E-state index in [1.165, 1.54) is 23.4 Å². The van der Waals surface area contributed by atoms with Gasteiger partial charge in [0.1, 0.15) is 17.0 Å². The number of hydrogen-bond acceptors (Lipinski definition) is 4. The summed E-state index contributed by atoms with van der Waals surface area (Å²) in [6.07, 6.45) is 2.61. The number of pyridine rings is 2. The molecule has 0 aliphatic carbocycles. The van der Waals surface area contributed by atoms with Gasteiger partial charge in [-0.3, -0.25) is 9.97 Å². The van der Waals surface area contributed by atoms with Crippen molar-refractivity contribution in [3.05, 3.63) is 64.4 Å². The number of hydrogen-bond donors (Lipinski definition) is 1. The van der Waals surface area contributed by atoms with E-state index in [9.17, 15) is 14.3 Å². The Morgan fingerprint density at radius 2 is 1.91 bits per heavy atom. The Morgan fingerprint density at radius 1 is 1.09 bits per heavy atom. The van der Waals surface area contributed by atoms with Crippen LogP contribution in [0.4, 0.5) is 19.3 Å². The van der Waals surface area contributed by atoms with Crippen molar-refractivity contribution in [1.82, 2.24) is 14.9 Å². The first kappa shape index (κ1) is 21.3. The summed E-state index contributed by atoms with van der Waals surface area (Å²) in [5, 5.41) is 11.1. The molecule has 6 nitrogen and oxygen atoms in total. The first-order valence-electron chi connectivity index (χ1n) is 10.6. The van der Waals surface area contributed by atoms with Crippen LogP contribution in [-0.2, 0) is 0 Å². The minimum absolute atomic E-state index is 0.00535. The van der Waals surface area contributed by atoms with Crippen molar-refractivity contribution in [3.8, 4) is 11.3 Å². The molecule has 2 aliphatic rings. The molecule has 4 aromatic rings. The van der Waals surface area contributed by atoms with E-state index < -0.39 is 17.7 Å². The van der Waals surface area contributed by atoms with E-state index in [0.29, 0.717) is 51.9 Å². The van der Waals surface area contributed by atoms with Gasteiger partial charge in [0.2, 0.25) is 0 Å². The second-order valence-electron chi connectivity index (χ2n) is 8.45. The van der Waals surface area contributed by atoms with Gasteiger partial charge in [0.25, 0.3) is 0 Å². The molecule has 2 atom stereocenters. The molecular weight excluding hydrogens is 485 g/mol. The van der Waals surface area contributed by atoms with Gasteiger partial charge >= 0.3 is 6.09 Å². The van der Waals surface area contributed by atoms with Crippen molar-refractivity contribution in [1.29, 1.82) is 0 Å². The van der Waals surface area contributed by atoms with Crippen LogP contribution in [0.1, 0.15) is 6.42 Å². The number of rotatable bonds is 2. The summed E-state index contributed by atoms with van der Waals surface area (Å²) in [4.78, 5) is 23.5. The van der Waals surface area contributed by atoms with Crippen LogP contribution in [0.2, 0.25) is 10.0 Å². The van der Waals surface area contributed by atoms with Gasteiger partial charge in [-0.1, -0.05) is 47.5 Å². The molecular formula is C24H16Cl2F2N4O2. The number of amides is 1. The van der Waals surface area contributed by atoms with Gasteiger partial charge in [0, 0.05) is 41.8 Å². The lowest BCUT2D eigenvalue weighted by Crippen LogP contribution is -2.63.